The summed E-state index contributed by atoms with van der Waals surface area (Å²) in [5.41, 5.74) is 1.16. The first-order chi connectivity index (χ1) is 8.84. The van der Waals surface area contributed by atoms with Gasteiger partial charge in [0.15, 0.2) is 0 Å². The number of hydrogen-bond donors (Lipinski definition) is 1. The first kappa shape index (κ1) is 12.8. The molecule has 1 aromatic heterocycles. The van der Waals surface area contributed by atoms with E-state index in [0.29, 0.717) is 0 Å². The summed E-state index contributed by atoms with van der Waals surface area (Å²) in [5, 5.41) is 3.38. The largest absolute Gasteiger partial charge is 0.469 e. The van der Waals surface area contributed by atoms with Crippen molar-refractivity contribution < 1.29 is 8.81 Å². The molecule has 0 saturated heterocycles. The van der Waals surface area contributed by atoms with E-state index in [-0.39, 0.29) is 5.82 Å². The first-order valence-corrected chi connectivity index (χ1v) is 6.32. The van der Waals surface area contributed by atoms with Crippen LogP contribution in [-0.4, -0.2) is 13.1 Å². The summed E-state index contributed by atoms with van der Waals surface area (Å²) in [7, 11) is 0. The molecule has 0 aliphatic heterocycles. The van der Waals surface area contributed by atoms with E-state index in [1.807, 2.05) is 24.3 Å². The minimum absolute atomic E-state index is 0.176. The number of furan rings is 1. The normalized spacial score (nSPS) is 10.7. The molecule has 0 saturated carbocycles. The number of rotatable bonds is 7. The van der Waals surface area contributed by atoms with Crippen molar-refractivity contribution in [3.8, 4) is 0 Å². The van der Waals surface area contributed by atoms with Crippen molar-refractivity contribution in [3.63, 3.8) is 0 Å². The second kappa shape index (κ2) is 6.97. The average molecular weight is 247 g/mol. The molecule has 0 spiro atoms. The minimum Gasteiger partial charge on any atom is -0.469 e. The third kappa shape index (κ3) is 4.34. The quantitative estimate of drug-likeness (QED) is 0.760. The lowest BCUT2D eigenvalue weighted by Crippen LogP contribution is -2.18. The van der Waals surface area contributed by atoms with Gasteiger partial charge >= 0.3 is 0 Å². The molecule has 0 radical (unpaired) electrons. The summed E-state index contributed by atoms with van der Waals surface area (Å²) < 4.78 is 17.9. The maximum absolute atomic E-state index is 12.7. The summed E-state index contributed by atoms with van der Waals surface area (Å²) in [6.45, 7) is 1.89. The first-order valence-electron chi connectivity index (χ1n) is 6.32. The van der Waals surface area contributed by atoms with Crippen LogP contribution in [0.4, 0.5) is 4.39 Å². The van der Waals surface area contributed by atoms with Gasteiger partial charge in [0.05, 0.1) is 6.26 Å². The van der Waals surface area contributed by atoms with Gasteiger partial charge in [-0.25, -0.2) is 4.39 Å². The maximum atomic E-state index is 12.7. The van der Waals surface area contributed by atoms with Gasteiger partial charge in [0.1, 0.15) is 11.6 Å². The summed E-state index contributed by atoms with van der Waals surface area (Å²) in [6.07, 6.45) is 4.67. The van der Waals surface area contributed by atoms with E-state index in [4.69, 9.17) is 4.42 Å². The monoisotopic (exact) mass is 247 g/mol. The molecule has 0 unspecified atom stereocenters. The Labute approximate surface area is 107 Å². The predicted octanol–water partition coefficient (Wildman–Crippen LogP) is 3.18. The molecule has 1 aromatic carbocycles. The van der Waals surface area contributed by atoms with Crippen LogP contribution in [0, 0.1) is 5.82 Å². The molecule has 18 heavy (non-hydrogen) atoms. The summed E-state index contributed by atoms with van der Waals surface area (Å²) in [5.74, 6) is 0.862. The Hall–Kier alpha value is -1.61. The Morgan fingerprint density at radius 3 is 2.56 bits per heavy atom. The molecule has 0 bridgehead atoms. The molecule has 0 amide bonds. The highest BCUT2D eigenvalue weighted by Crippen LogP contribution is 2.04. The Balaban J connectivity index is 1.55. The van der Waals surface area contributed by atoms with Crippen molar-refractivity contribution in [3.05, 3.63) is 59.8 Å². The number of halogens is 1. The van der Waals surface area contributed by atoms with Crippen LogP contribution in [0.3, 0.4) is 0 Å². The zero-order valence-electron chi connectivity index (χ0n) is 10.4. The summed E-state index contributed by atoms with van der Waals surface area (Å²) in [4.78, 5) is 0. The van der Waals surface area contributed by atoms with E-state index in [0.717, 1.165) is 43.7 Å². The number of hydrogen-bond acceptors (Lipinski definition) is 2. The molecule has 0 aliphatic carbocycles. The van der Waals surface area contributed by atoms with Gasteiger partial charge in [-0.1, -0.05) is 12.1 Å². The van der Waals surface area contributed by atoms with E-state index >= 15 is 0 Å². The number of nitrogens with one attached hydrogen (secondary N) is 1. The van der Waals surface area contributed by atoms with E-state index in [2.05, 4.69) is 5.32 Å². The van der Waals surface area contributed by atoms with Gasteiger partial charge in [0, 0.05) is 6.42 Å². The Kier molecular flexibility index (Phi) is 4.97. The maximum Gasteiger partial charge on any atom is 0.123 e. The SMILES string of the molecule is Fc1ccc(CCNCCCc2ccco2)cc1. The van der Waals surface area contributed by atoms with Crippen molar-refractivity contribution >= 4 is 0 Å². The summed E-state index contributed by atoms with van der Waals surface area (Å²) >= 11 is 0. The molecular weight excluding hydrogens is 229 g/mol. The van der Waals surface area contributed by atoms with Crippen LogP contribution in [-0.2, 0) is 12.8 Å². The second-order valence-electron chi connectivity index (χ2n) is 4.31. The van der Waals surface area contributed by atoms with Crippen LogP contribution in [0.15, 0.2) is 47.1 Å². The fourth-order valence-corrected chi connectivity index (χ4v) is 1.85. The molecule has 0 aliphatic rings. The van der Waals surface area contributed by atoms with E-state index in [9.17, 15) is 4.39 Å². The zero-order chi connectivity index (χ0) is 12.6. The fraction of sp³-hybridized carbons (Fsp3) is 0.333. The highest BCUT2D eigenvalue weighted by molar-refractivity contribution is 5.16. The van der Waals surface area contributed by atoms with Crippen LogP contribution in [0.5, 0.6) is 0 Å². The highest BCUT2D eigenvalue weighted by Gasteiger charge is 1.96. The molecule has 1 heterocycles. The van der Waals surface area contributed by atoms with Gasteiger partial charge in [-0.05, 0) is 55.8 Å². The number of aryl methyl sites for hydroxylation is 1. The van der Waals surface area contributed by atoms with Crippen LogP contribution < -0.4 is 5.32 Å². The van der Waals surface area contributed by atoms with Crippen LogP contribution in [0.2, 0.25) is 0 Å². The van der Waals surface area contributed by atoms with E-state index in [1.54, 1.807) is 6.26 Å². The molecule has 1 N–H and O–H groups in total. The predicted molar refractivity (Wildman–Crippen MR) is 70.0 cm³/mol. The standard InChI is InChI=1S/C15H18FNO/c16-14-7-5-13(6-8-14)9-11-17-10-1-3-15-4-2-12-18-15/h2,4-8,12,17H,1,3,9-11H2. The third-order valence-electron chi connectivity index (χ3n) is 2.86. The second-order valence-corrected chi connectivity index (χ2v) is 4.31. The molecule has 0 atom stereocenters. The average Bonchev–Trinajstić information content (AvgIpc) is 2.89. The molecule has 2 rings (SSSR count). The van der Waals surface area contributed by atoms with Gasteiger partial charge < -0.3 is 9.73 Å². The van der Waals surface area contributed by atoms with Crippen molar-refractivity contribution in [2.24, 2.45) is 0 Å². The third-order valence-corrected chi connectivity index (χ3v) is 2.86. The highest BCUT2D eigenvalue weighted by atomic mass is 19.1. The molecule has 0 fully saturated rings. The van der Waals surface area contributed by atoms with E-state index < -0.39 is 0 Å². The minimum atomic E-state index is -0.176. The molecule has 2 aromatic rings. The van der Waals surface area contributed by atoms with Gasteiger partial charge in [-0.15, -0.1) is 0 Å². The van der Waals surface area contributed by atoms with Crippen LogP contribution >= 0.6 is 0 Å². The lowest BCUT2D eigenvalue weighted by atomic mass is 10.1. The Bertz CT molecular complexity index is 436. The lowest BCUT2D eigenvalue weighted by Gasteiger charge is -2.04. The van der Waals surface area contributed by atoms with Crippen LogP contribution in [0.25, 0.3) is 0 Å². The molecule has 3 heteroatoms. The fourth-order valence-electron chi connectivity index (χ4n) is 1.85. The van der Waals surface area contributed by atoms with Gasteiger partial charge in [-0.2, -0.15) is 0 Å². The van der Waals surface area contributed by atoms with Crippen molar-refractivity contribution in [1.82, 2.24) is 5.32 Å². The van der Waals surface area contributed by atoms with Crippen LogP contribution in [0.1, 0.15) is 17.7 Å². The molecule has 2 nitrogen and oxygen atoms in total. The van der Waals surface area contributed by atoms with E-state index in [1.165, 1.54) is 12.1 Å². The topological polar surface area (TPSA) is 25.2 Å². The Morgan fingerprint density at radius 1 is 1.00 bits per heavy atom. The zero-order valence-corrected chi connectivity index (χ0v) is 10.4. The van der Waals surface area contributed by atoms with Crippen molar-refractivity contribution in [1.29, 1.82) is 0 Å². The Morgan fingerprint density at radius 2 is 1.83 bits per heavy atom. The summed E-state index contributed by atoms with van der Waals surface area (Å²) in [6, 6.07) is 10.6. The van der Waals surface area contributed by atoms with Gasteiger partial charge in [0.2, 0.25) is 0 Å². The smallest absolute Gasteiger partial charge is 0.123 e. The number of benzene rings is 1. The van der Waals surface area contributed by atoms with Crippen molar-refractivity contribution in [2.45, 2.75) is 19.3 Å². The molecule has 96 valence electrons. The van der Waals surface area contributed by atoms with Gasteiger partial charge in [-0.3, -0.25) is 0 Å². The van der Waals surface area contributed by atoms with Crippen molar-refractivity contribution in [2.75, 3.05) is 13.1 Å². The molecular formula is C15H18FNO. The van der Waals surface area contributed by atoms with Gasteiger partial charge in [0.25, 0.3) is 0 Å². The lowest BCUT2D eigenvalue weighted by molar-refractivity contribution is 0.496.